The normalized spacial score (nSPS) is 11.2. The number of hydrogen-bond donors (Lipinski definition) is 1. The molecular formula is C24H17Br3N2O3. The highest BCUT2D eigenvalue weighted by Crippen LogP contribution is 2.31. The van der Waals surface area contributed by atoms with Crippen LogP contribution in [-0.2, 0) is 6.61 Å². The van der Waals surface area contributed by atoms with Crippen molar-refractivity contribution < 1.29 is 13.9 Å². The first-order valence-corrected chi connectivity index (χ1v) is 12.0. The number of hydrogen-bond acceptors (Lipinski definition) is 4. The van der Waals surface area contributed by atoms with Crippen LogP contribution in [0.1, 0.15) is 27.2 Å². The summed E-state index contributed by atoms with van der Waals surface area (Å²) in [6.07, 6.45) is 1.56. The zero-order valence-electron chi connectivity index (χ0n) is 16.9. The van der Waals surface area contributed by atoms with Gasteiger partial charge in [0.1, 0.15) is 17.9 Å². The lowest BCUT2D eigenvalue weighted by molar-refractivity contribution is 0.0929. The Bertz CT molecular complexity index is 1330. The van der Waals surface area contributed by atoms with Gasteiger partial charge in [-0.2, -0.15) is 5.10 Å². The van der Waals surface area contributed by atoms with Crippen LogP contribution in [0.5, 0.6) is 5.75 Å². The van der Waals surface area contributed by atoms with Crippen LogP contribution in [0.4, 0.5) is 0 Å². The highest BCUT2D eigenvalue weighted by Gasteiger charge is 2.14. The van der Waals surface area contributed by atoms with Gasteiger partial charge < -0.3 is 9.15 Å². The lowest BCUT2D eigenvalue weighted by Gasteiger charge is -2.09. The minimum atomic E-state index is -0.433. The Morgan fingerprint density at radius 2 is 1.91 bits per heavy atom. The first-order chi connectivity index (χ1) is 15.4. The van der Waals surface area contributed by atoms with Crippen LogP contribution in [0.3, 0.4) is 0 Å². The summed E-state index contributed by atoms with van der Waals surface area (Å²) in [5, 5.41) is 4.85. The van der Waals surface area contributed by atoms with Crippen molar-refractivity contribution in [1.82, 2.24) is 5.43 Å². The van der Waals surface area contributed by atoms with Gasteiger partial charge in [0.2, 0.25) is 0 Å². The van der Waals surface area contributed by atoms with E-state index in [9.17, 15) is 4.79 Å². The number of amides is 1. The number of rotatable bonds is 6. The van der Waals surface area contributed by atoms with Crippen molar-refractivity contribution >= 4 is 70.9 Å². The molecule has 0 unspecified atom stereocenters. The lowest BCUT2D eigenvalue weighted by atomic mass is 10.1. The van der Waals surface area contributed by atoms with E-state index in [1.54, 1.807) is 12.3 Å². The number of furan rings is 1. The van der Waals surface area contributed by atoms with Crippen molar-refractivity contribution in [3.05, 3.63) is 96.5 Å². The van der Waals surface area contributed by atoms with Gasteiger partial charge in [0.15, 0.2) is 5.76 Å². The molecule has 0 atom stereocenters. The predicted octanol–water partition coefficient (Wildman–Crippen LogP) is 7.37. The number of carbonyl (C=O) groups is 1. The van der Waals surface area contributed by atoms with E-state index in [-0.39, 0.29) is 5.76 Å². The summed E-state index contributed by atoms with van der Waals surface area (Å²) in [5.74, 6) is 0.473. The minimum Gasteiger partial charge on any atom is -0.488 e. The summed E-state index contributed by atoms with van der Waals surface area (Å²) in [5.41, 5.74) is 6.20. The summed E-state index contributed by atoms with van der Waals surface area (Å²) in [4.78, 5) is 12.4. The highest BCUT2D eigenvalue weighted by molar-refractivity contribution is 9.11. The number of ether oxygens (including phenoxy) is 1. The fourth-order valence-corrected chi connectivity index (χ4v) is 4.94. The number of halogens is 3. The third-order valence-electron chi connectivity index (χ3n) is 4.57. The fourth-order valence-electron chi connectivity index (χ4n) is 3.09. The SMILES string of the molecule is Cc1cccc(COc2ccc(/C=N\NC(=O)c3cc4cc(Br)cc(Br)c4o3)cc2Br)c1. The smallest absolute Gasteiger partial charge is 0.307 e. The molecule has 0 aliphatic rings. The number of nitrogens with zero attached hydrogens (tertiary/aromatic N) is 1. The fraction of sp³-hybridized carbons (Fsp3) is 0.0833. The molecule has 1 amide bonds. The number of fused-ring (bicyclic) bond motifs is 1. The van der Waals surface area contributed by atoms with Gasteiger partial charge in [-0.25, -0.2) is 5.43 Å². The second-order valence-electron chi connectivity index (χ2n) is 7.08. The summed E-state index contributed by atoms with van der Waals surface area (Å²) < 4.78 is 14.0. The molecule has 0 radical (unpaired) electrons. The molecule has 1 heterocycles. The van der Waals surface area contributed by atoms with Crippen LogP contribution in [-0.4, -0.2) is 12.1 Å². The van der Waals surface area contributed by atoms with Crippen LogP contribution < -0.4 is 10.2 Å². The van der Waals surface area contributed by atoms with Crippen molar-refractivity contribution in [3.8, 4) is 5.75 Å². The molecule has 0 saturated heterocycles. The molecule has 0 fully saturated rings. The minimum absolute atomic E-state index is 0.178. The molecule has 1 aromatic heterocycles. The van der Waals surface area contributed by atoms with Crippen molar-refractivity contribution in [2.24, 2.45) is 5.10 Å². The van der Waals surface area contributed by atoms with Gasteiger partial charge in [-0.1, -0.05) is 45.8 Å². The number of hydrazone groups is 1. The van der Waals surface area contributed by atoms with E-state index in [0.717, 1.165) is 35.7 Å². The van der Waals surface area contributed by atoms with Gasteiger partial charge in [-0.05, 0) is 86.3 Å². The van der Waals surface area contributed by atoms with Gasteiger partial charge in [-0.3, -0.25) is 4.79 Å². The first kappa shape index (κ1) is 22.8. The topological polar surface area (TPSA) is 63.8 Å². The third kappa shape index (κ3) is 5.49. The first-order valence-electron chi connectivity index (χ1n) is 9.59. The van der Waals surface area contributed by atoms with Gasteiger partial charge in [-0.15, -0.1) is 0 Å². The quantitative estimate of drug-likeness (QED) is 0.181. The second-order valence-corrected chi connectivity index (χ2v) is 9.71. The maximum absolute atomic E-state index is 12.4. The molecule has 32 heavy (non-hydrogen) atoms. The van der Waals surface area contributed by atoms with Gasteiger partial charge in [0.05, 0.1) is 15.2 Å². The summed E-state index contributed by atoms with van der Waals surface area (Å²) in [7, 11) is 0. The van der Waals surface area contributed by atoms with Crippen molar-refractivity contribution in [2.75, 3.05) is 0 Å². The predicted molar refractivity (Wildman–Crippen MR) is 136 cm³/mol. The van der Waals surface area contributed by atoms with Crippen LogP contribution in [0.25, 0.3) is 11.0 Å². The van der Waals surface area contributed by atoms with E-state index in [0.29, 0.717) is 12.2 Å². The summed E-state index contributed by atoms with van der Waals surface area (Å²) in [6.45, 7) is 2.53. The van der Waals surface area contributed by atoms with E-state index < -0.39 is 5.91 Å². The van der Waals surface area contributed by atoms with Crippen LogP contribution in [0.15, 0.2) is 83.6 Å². The average Bonchev–Trinajstić information content (AvgIpc) is 3.18. The molecule has 1 N–H and O–H groups in total. The molecule has 3 aromatic carbocycles. The Labute approximate surface area is 210 Å². The van der Waals surface area contributed by atoms with E-state index in [1.165, 1.54) is 5.56 Å². The Hall–Kier alpha value is -2.42. The number of nitrogens with one attached hydrogen (secondary N) is 1. The maximum Gasteiger partial charge on any atom is 0.307 e. The largest absolute Gasteiger partial charge is 0.488 e. The highest BCUT2D eigenvalue weighted by atomic mass is 79.9. The van der Waals surface area contributed by atoms with Gasteiger partial charge >= 0.3 is 5.91 Å². The number of benzene rings is 3. The zero-order chi connectivity index (χ0) is 22.7. The van der Waals surface area contributed by atoms with E-state index in [1.807, 2.05) is 42.5 Å². The molecule has 8 heteroatoms. The maximum atomic E-state index is 12.4. The van der Waals surface area contributed by atoms with Crippen LogP contribution in [0, 0.1) is 6.92 Å². The molecular weight excluding hydrogens is 604 g/mol. The third-order valence-corrected chi connectivity index (χ3v) is 6.24. The Kier molecular flexibility index (Phi) is 7.13. The molecule has 4 aromatic rings. The molecule has 0 aliphatic carbocycles. The molecule has 0 aliphatic heterocycles. The average molecular weight is 621 g/mol. The lowest BCUT2D eigenvalue weighted by Crippen LogP contribution is -2.16. The van der Waals surface area contributed by atoms with Crippen molar-refractivity contribution in [1.29, 1.82) is 0 Å². The molecule has 162 valence electrons. The van der Waals surface area contributed by atoms with E-state index in [4.69, 9.17) is 9.15 Å². The standard InChI is InChI=1S/C24H17Br3N2O3/c1-14-3-2-4-16(7-14)13-31-21-6-5-15(8-19(21)26)12-28-29-24(30)22-10-17-9-18(25)11-20(27)23(17)32-22/h2-12H,13H2,1H3,(H,29,30)/b28-12-. The van der Waals surface area contributed by atoms with Gasteiger partial charge in [0.25, 0.3) is 0 Å². The summed E-state index contributed by atoms with van der Waals surface area (Å²) >= 11 is 10.4. The van der Waals surface area contributed by atoms with Crippen LogP contribution >= 0.6 is 47.8 Å². The van der Waals surface area contributed by atoms with Gasteiger partial charge in [0, 0.05) is 9.86 Å². The van der Waals surface area contributed by atoms with Crippen LogP contribution in [0.2, 0.25) is 0 Å². The molecule has 0 saturated carbocycles. The second kappa shape index (κ2) is 10.0. The van der Waals surface area contributed by atoms with E-state index >= 15 is 0 Å². The Morgan fingerprint density at radius 1 is 1.06 bits per heavy atom. The molecule has 4 rings (SSSR count). The number of carbonyl (C=O) groups excluding carboxylic acids is 1. The molecule has 0 bridgehead atoms. The monoisotopic (exact) mass is 618 g/mol. The Morgan fingerprint density at radius 3 is 2.69 bits per heavy atom. The number of aryl methyl sites for hydroxylation is 1. The summed E-state index contributed by atoms with van der Waals surface area (Å²) in [6, 6.07) is 19.2. The zero-order valence-corrected chi connectivity index (χ0v) is 21.6. The molecule has 0 spiro atoms. The van der Waals surface area contributed by atoms with Crippen molar-refractivity contribution in [2.45, 2.75) is 13.5 Å². The van der Waals surface area contributed by atoms with E-state index in [2.05, 4.69) is 77.4 Å². The molecule has 5 nitrogen and oxygen atoms in total. The van der Waals surface area contributed by atoms with Crippen molar-refractivity contribution in [3.63, 3.8) is 0 Å². The Balaban J connectivity index is 1.38.